The summed E-state index contributed by atoms with van der Waals surface area (Å²) in [4.78, 5) is 44.5. The highest BCUT2D eigenvalue weighted by Gasteiger charge is 2.48. The number of carbonyl (C=O) groups is 3. The molecule has 0 bridgehead atoms. The number of aryl methyl sites for hydroxylation is 2. The minimum atomic E-state index is -1.18. The first-order chi connectivity index (χ1) is 17.0. The average Bonchev–Trinajstić information content (AvgIpc) is 3.34. The van der Waals surface area contributed by atoms with Crippen molar-refractivity contribution in [3.05, 3.63) is 85.1 Å². The first-order valence-electron chi connectivity index (χ1n) is 10.7. The van der Waals surface area contributed by atoms with Gasteiger partial charge in [0.25, 0.3) is 5.78 Å². The van der Waals surface area contributed by atoms with Crippen LogP contribution in [0.25, 0.3) is 5.76 Å². The van der Waals surface area contributed by atoms with Gasteiger partial charge in [-0.3, -0.25) is 14.5 Å². The predicted molar refractivity (Wildman–Crippen MR) is 135 cm³/mol. The number of Topliss-reactive ketones (excluding diaryl/α,β-unsaturated/α-hetero) is 1. The van der Waals surface area contributed by atoms with Crippen LogP contribution < -0.4 is 4.90 Å². The Morgan fingerprint density at radius 3 is 2.53 bits per heavy atom. The zero-order valence-electron chi connectivity index (χ0n) is 19.3. The van der Waals surface area contributed by atoms with E-state index in [1.54, 1.807) is 26.8 Å². The number of amides is 1. The number of anilines is 1. The van der Waals surface area contributed by atoms with Gasteiger partial charge >= 0.3 is 11.9 Å². The Kier molecular flexibility index (Phi) is 7.17. The molecule has 1 N–H and O–H groups in total. The number of aliphatic hydroxyl groups excluding tert-OH is 1. The summed E-state index contributed by atoms with van der Waals surface area (Å²) in [5.74, 6) is -3.75. The summed E-state index contributed by atoms with van der Waals surface area (Å²) in [6, 6.07) is 7.30. The summed E-state index contributed by atoms with van der Waals surface area (Å²) >= 11 is 13.2. The summed E-state index contributed by atoms with van der Waals surface area (Å²) in [7, 11) is 0. The van der Waals surface area contributed by atoms with Crippen molar-refractivity contribution in [2.75, 3.05) is 11.5 Å². The van der Waals surface area contributed by atoms with Gasteiger partial charge < -0.3 is 9.84 Å². The van der Waals surface area contributed by atoms with E-state index in [0.29, 0.717) is 16.8 Å². The van der Waals surface area contributed by atoms with E-state index in [4.69, 9.17) is 27.9 Å². The molecule has 36 heavy (non-hydrogen) atoms. The zero-order chi connectivity index (χ0) is 26.3. The quantitative estimate of drug-likeness (QED) is 0.181. The molecule has 186 valence electrons. The van der Waals surface area contributed by atoms with Crippen molar-refractivity contribution in [2.45, 2.75) is 26.8 Å². The van der Waals surface area contributed by atoms with Gasteiger partial charge in [-0.2, -0.15) is 0 Å². The van der Waals surface area contributed by atoms with Gasteiger partial charge in [-0.1, -0.05) is 52.7 Å². The Morgan fingerprint density at radius 2 is 1.89 bits per heavy atom. The third-order valence-corrected chi connectivity index (χ3v) is 7.48. The lowest BCUT2D eigenvalue weighted by Gasteiger charge is -2.23. The maximum absolute atomic E-state index is 14.3. The third kappa shape index (κ3) is 4.50. The summed E-state index contributed by atoms with van der Waals surface area (Å²) in [6.45, 7) is 4.93. The van der Waals surface area contributed by atoms with Crippen LogP contribution in [0.4, 0.5) is 9.52 Å². The molecule has 2 heterocycles. The van der Waals surface area contributed by atoms with Gasteiger partial charge in [-0.25, -0.2) is 14.2 Å². The smallest absolute Gasteiger partial charge is 0.350 e. The van der Waals surface area contributed by atoms with E-state index < -0.39 is 35.3 Å². The van der Waals surface area contributed by atoms with Gasteiger partial charge in [-0.05, 0) is 50.1 Å². The highest BCUT2D eigenvalue weighted by atomic mass is 35.5. The number of aromatic nitrogens is 1. The van der Waals surface area contributed by atoms with Crippen molar-refractivity contribution < 1.29 is 28.6 Å². The zero-order valence-corrected chi connectivity index (χ0v) is 21.6. The molecule has 0 spiro atoms. The van der Waals surface area contributed by atoms with Gasteiger partial charge in [-0.15, -0.1) is 0 Å². The number of hydrogen-bond acceptors (Lipinski definition) is 7. The molecular formula is C25H19Cl2FN2O5S. The van der Waals surface area contributed by atoms with Gasteiger partial charge in [0.15, 0.2) is 5.13 Å². The van der Waals surface area contributed by atoms with Crippen molar-refractivity contribution in [2.24, 2.45) is 0 Å². The fraction of sp³-hybridized carbons (Fsp3) is 0.200. The normalized spacial score (nSPS) is 17.1. The Balaban J connectivity index is 1.94. The minimum absolute atomic E-state index is 0.0173. The van der Waals surface area contributed by atoms with Crippen molar-refractivity contribution in [1.82, 2.24) is 4.98 Å². The van der Waals surface area contributed by atoms with E-state index in [2.05, 4.69) is 4.98 Å². The number of hydrogen-bond donors (Lipinski definition) is 1. The summed E-state index contributed by atoms with van der Waals surface area (Å²) in [6.07, 6.45) is 0. The number of ether oxygens (including phenoxy) is 1. The van der Waals surface area contributed by atoms with Crippen LogP contribution in [0.1, 0.15) is 45.0 Å². The van der Waals surface area contributed by atoms with E-state index in [0.717, 1.165) is 22.3 Å². The molecule has 0 radical (unpaired) electrons. The van der Waals surface area contributed by atoms with Crippen LogP contribution in [0.2, 0.25) is 10.0 Å². The van der Waals surface area contributed by atoms with E-state index >= 15 is 0 Å². The molecule has 0 unspecified atom stereocenters. The molecule has 3 aromatic rings. The maximum Gasteiger partial charge on any atom is 0.350 e. The van der Waals surface area contributed by atoms with Crippen LogP contribution in [-0.4, -0.2) is 34.4 Å². The van der Waals surface area contributed by atoms with Gasteiger partial charge in [0.2, 0.25) is 0 Å². The Morgan fingerprint density at radius 1 is 1.17 bits per heavy atom. The molecule has 4 rings (SSSR count). The topological polar surface area (TPSA) is 96.8 Å². The second kappa shape index (κ2) is 10.0. The van der Waals surface area contributed by atoms with Crippen LogP contribution in [0.3, 0.4) is 0 Å². The molecule has 0 saturated carbocycles. The number of esters is 1. The molecule has 7 nitrogen and oxygen atoms in total. The number of aliphatic hydroxyl groups is 1. The van der Waals surface area contributed by atoms with Crippen molar-refractivity contribution in [3.8, 4) is 0 Å². The van der Waals surface area contributed by atoms with E-state index in [9.17, 15) is 23.9 Å². The lowest BCUT2D eigenvalue weighted by atomic mass is 9.95. The van der Waals surface area contributed by atoms with Crippen molar-refractivity contribution in [1.29, 1.82) is 0 Å². The molecule has 11 heteroatoms. The third-order valence-electron chi connectivity index (χ3n) is 5.60. The Hall–Kier alpha value is -3.27. The van der Waals surface area contributed by atoms with E-state index in [-0.39, 0.29) is 37.8 Å². The lowest BCUT2D eigenvalue weighted by molar-refractivity contribution is -0.132. The number of benzene rings is 2. The number of halogens is 3. The van der Waals surface area contributed by atoms with Gasteiger partial charge in [0.1, 0.15) is 16.5 Å². The van der Waals surface area contributed by atoms with E-state index in [1.165, 1.54) is 24.3 Å². The van der Waals surface area contributed by atoms with Crippen LogP contribution in [0, 0.1) is 19.7 Å². The van der Waals surface area contributed by atoms with Crippen LogP contribution >= 0.6 is 34.5 Å². The van der Waals surface area contributed by atoms with Crippen LogP contribution in [-0.2, 0) is 14.3 Å². The molecular weight excluding hydrogens is 530 g/mol. The average molecular weight is 549 g/mol. The SMILES string of the molecule is CCOC(=O)c1sc(N2C(=O)C(=O)C(=C(O)c3ccc(C)c(F)c3)[C@@H]2c2ccc(Cl)c(Cl)c2)nc1C. The van der Waals surface area contributed by atoms with Crippen LogP contribution in [0.15, 0.2) is 42.0 Å². The first kappa shape index (κ1) is 25.8. The van der Waals surface area contributed by atoms with Crippen molar-refractivity contribution >= 4 is 63.1 Å². The van der Waals surface area contributed by atoms with Gasteiger partial charge in [0.05, 0.1) is 34.0 Å². The molecule has 0 aliphatic carbocycles. The highest BCUT2D eigenvalue weighted by Crippen LogP contribution is 2.45. The molecule has 1 aliphatic heterocycles. The fourth-order valence-electron chi connectivity index (χ4n) is 3.79. The maximum atomic E-state index is 14.3. The standard InChI is InChI=1S/C25H19Cl2FN2O5S/c1-4-35-24(34)22-12(3)29-25(36-22)30-19(13-7-8-15(26)16(27)9-13)18(21(32)23(30)33)20(31)14-6-5-11(2)17(28)10-14/h5-10,19,31H,4H2,1-3H3/t19-/m0/s1. The fourth-order valence-corrected chi connectivity index (χ4v) is 5.09. The van der Waals surface area contributed by atoms with E-state index in [1.807, 2.05) is 0 Å². The monoisotopic (exact) mass is 548 g/mol. The number of carbonyl (C=O) groups excluding carboxylic acids is 3. The van der Waals surface area contributed by atoms with Gasteiger partial charge in [0, 0.05) is 5.56 Å². The predicted octanol–water partition coefficient (Wildman–Crippen LogP) is 6.01. The first-order valence-corrected chi connectivity index (χ1v) is 12.3. The molecule has 1 aliphatic rings. The minimum Gasteiger partial charge on any atom is -0.507 e. The molecule has 1 amide bonds. The van der Waals surface area contributed by atoms with Crippen molar-refractivity contribution in [3.63, 3.8) is 0 Å². The lowest BCUT2D eigenvalue weighted by Crippen LogP contribution is -2.29. The summed E-state index contributed by atoms with van der Waals surface area (Å²) in [5, 5.41) is 11.6. The number of ketones is 1. The summed E-state index contributed by atoms with van der Waals surface area (Å²) < 4.78 is 19.3. The second-order valence-electron chi connectivity index (χ2n) is 7.94. The highest BCUT2D eigenvalue weighted by molar-refractivity contribution is 7.17. The summed E-state index contributed by atoms with van der Waals surface area (Å²) in [5.41, 5.74) is 0.737. The number of thiazole rings is 1. The number of rotatable bonds is 5. The second-order valence-corrected chi connectivity index (χ2v) is 9.73. The Labute approximate surface area is 219 Å². The molecule has 1 aromatic heterocycles. The molecule has 1 atom stereocenters. The molecule has 1 fully saturated rings. The molecule has 1 saturated heterocycles. The largest absolute Gasteiger partial charge is 0.507 e. The van der Waals surface area contributed by atoms with Crippen LogP contribution in [0.5, 0.6) is 0 Å². The molecule has 2 aromatic carbocycles. The number of nitrogens with zero attached hydrogens (tertiary/aromatic N) is 2. The Bertz CT molecular complexity index is 1450.